The number of halogens is 3. The fourth-order valence-electron chi connectivity index (χ4n) is 4.46. The molecule has 1 spiro atoms. The number of fused-ring (bicyclic) bond motifs is 2. The summed E-state index contributed by atoms with van der Waals surface area (Å²) in [6.07, 6.45) is -5.05. The van der Waals surface area contributed by atoms with Gasteiger partial charge in [0.2, 0.25) is 5.91 Å². The number of likely N-dealkylation sites (tertiary alicyclic amines) is 1. The third-order valence-electron chi connectivity index (χ3n) is 5.68. The van der Waals surface area contributed by atoms with Gasteiger partial charge in [0.15, 0.2) is 0 Å². The molecule has 0 aliphatic carbocycles. The molecule has 4 rings (SSSR count). The number of imide groups is 1. The summed E-state index contributed by atoms with van der Waals surface area (Å²) in [7, 11) is 1.47. The molecule has 152 valence electrons. The Kier molecular flexibility index (Phi) is 4.40. The first-order chi connectivity index (χ1) is 13.1. The molecule has 3 aliphatic heterocycles. The van der Waals surface area contributed by atoms with Crippen LogP contribution in [0.2, 0.25) is 0 Å². The highest BCUT2D eigenvalue weighted by Crippen LogP contribution is 2.40. The number of likely N-dealkylation sites (N-methyl/N-ethyl adjacent to an activating group) is 1. The number of aliphatic hydroxyl groups is 1. The van der Waals surface area contributed by atoms with E-state index in [-0.39, 0.29) is 24.1 Å². The van der Waals surface area contributed by atoms with Gasteiger partial charge in [-0.15, -0.1) is 13.2 Å². The first-order valence-corrected chi connectivity index (χ1v) is 8.93. The predicted molar refractivity (Wildman–Crippen MR) is 90.0 cm³/mol. The number of β-amino-alcohol motifs (C(OH)–C–C–N with tert-alkyl or cyclic N) is 1. The standard InChI is InChI=1S/C18H20F3N3O4/c1-22-15(26)14-6-12(25)8-24(14)17(16(22)27)9-23(10-17)7-11-2-4-13(5-3-11)28-18(19,20)21/h2-5,12,14,25H,6-10H2,1H3/t12-,14+/m1/s1. The molecule has 3 heterocycles. The molecule has 28 heavy (non-hydrogen) atoms. The fraction of sp³-hybridized carbons (Fsp3) is 0.556. The summed E-state index contributed by atoms with van der Waals surface area (Å²) in [5, 5.41) is 9.98. The quantitative estimate of drug-likeness (QED) is 0.750. The molecule has 2 amide bonds. The number of aliphatic hydroxyl groups excluding tert-OH is 1. The van der Waals surface area contributed by atoms with Gasteiger partial charge < -0.3 is 9.84 Å². The number of benzene rings is 1. The summed E-state index contributed by atoms with van der Waals surface area (Å²) >= 11 is 0. The predicted octanol–water partition coefficient (Wildman–Crippen LogP) is 0.573. The SMILES string of the molecule is CN1C(=O)[C@@H]2C[C@@H](O)CN2C2(CN(Cc3ccc(OC(F)(F)F)cc3)C2)C1=O. The summed E-state index contributed by atoms with van der Waals surface area (Å²) in [6, 6.07) is 5.12. The average Bonchev–Trinajstić information content (AvgIpc) is 2.97. The number of carbonyl (C=O) groups is 2. The van der Waals surface area contributed by atoms with E-state index in [1.165, 1.54) is 19.2 Å². The van der Waals surface area contributed by atoms with Crippen molar-refractivity contribution in [2.75, 3.05) is 26.7 Å². The van der Waals surface area contributed by atoms with Crippen LogP contribution in [0.15, 0.2) is 24.3 Å². The summed E-state index contributed by atoms with van der Waals surface area (Å²) in [4.78, 5) is 30.1. The van der Waals surface area contributed by atoms with Gasteiger partial charge in [-0.1, -0.05) is 12.1 Å². The fourth-order valence-corrected chi connectivity index (χ4v) is 4.46. The third kappa shape index (κ3) is 3.15. The van der Waals surface area contributed by atoms with Crippen molar-refractivity contribution in [3.05, 3.63) is 29.8 Å². The van der Waals surface area contributed by atoms with Crippen molar-refractivity contribution in [1.29, 1.82) is 0 Å². The van der Waals surface area contributed by atoms with Crippen LogP contribution < -0.4 is 4.74 Å². The lowest BCUT2D eigenvalue weighted by Gasteiger charge is -2.58. The van der Waals surface area contributed by atoms with Crippen LogP contribution in [0.4, 0.5) is 13.2 Å². The number of carbonyl (C=O) groups excluding carboxylic acids is 2. The molecule has 2 atom stereocenters. The van der Waals surface area contributed by atoms with Crippen molar-refractivity contribution in [3.63, 3.8) is 0 Å². The lowest BCUT2D eigenvalue weighted by molar-refractivity contribution is -0.274. The number of hydrogen-bond acceptors (Lipinski definition) is 6. The van der Waals surface area contributed by atoms with Gasteiger partial charge in [-0.3, -0.25) is 24.3 Å². The number of rotatable bonds is 3. The molecule has 3 fully saturated rings. The average molecular weight is 399 g/mol. The van der Waals surface area contributed by atoms with Crippen LogP contribution in [0, 0.1) is 0 Å². The van der Waals surface area contributed by atoms with Crippen LogP contribution >= 0.6 is 0 Å². The Labute approximate surface area is 159 Å². The smallest absolute Gasteiger partial charge is 0.406 e. The van der Waals surface area contributed by atoms with Crippen molar-refractivity contribution in [3.8, 4) is 5.75 Å². The zero-order valence-corrected chi connectivity index (χ0v) is 15.1. The van der Waals surface area contributed by atoms with E-state index in [9.17, 15) is 27.9 Å². The molecular weight excluding hydrogens is 379 g/mol. The Hall–Kier alpha value is -2.17. The van der Waals surface area contributed by atoms with E-state index in [0.29, 0.717) is 26.1 Å². The van der Waals surface area contributed by atoms with Gasteiger partial charge in [-0.25, -0.2) is 0 Å². The van der Waals surface area contributed by atoms with Gasteiger partial charge in [-0.05, 0) is 24.1 Å². The number of alkyl halides is 3. The van der Waals surface area contributed by atoms with Gasteiger partial charge in [0, 0.05) is 33.2 Å². The Balaban J connectivity index is 1.43. The van der Waals surface area contributed by atoms with Crippen molar-refractivity contribution in [2.24, 2.45) is 0 Å². The third-order valence-corrected chi connectivity index (χ3v) is 5.68. The van der Waals surface area contributed by atoms with Crippen LogP contribution in [-0.4, -0.2) is 82.3 Å². The number of ether oxygens (including phenoxy) is 1. The second-order valence-corrected chi connectivity index (χ2v) is 7.63. The Bertz CT molecular complexity index is 792. The van der Waals surface area contributed by atoms with E-state index in [4.69, 9.17) is 0 Å². The molecule has 1 aromatic carbocycles. The maximum atomic E-state index is 12.8. The first-order valence-electron chi connectivity index (χ1n) is 8.93. The maximum absolute atomic E-state index is 12.8. The van der Waals surface area contributed by atoms with Gasteiger partial charge in [0.25, 0.3) is 5.91 Å². The maximum Gasteiger partial charge on any atom is 0.573 e. The first kappa shape index (κ1) is 19.2. The van der Waals surface area contributed by atoms with E-state index < -0.39 is 24.0 Å². The molecule has 1 aromatic rings. The molecular formula is C18H20F3N3O4. The Morgan fingerprint density at radius 1 is 1.21 bits per heavy atom. The van der Waals surface area contributed by atoms with E-state index in [2.05, 4.69) is 4.74 Å². The van der Waals surface area contributed by atoms with Crippen LogP contribution in [0.25, 0.3) is 0 Å². The molecule has 10 heteroatoms. The number of piperazine rings is 1. The van der Waals surface area contributed by atoms with E-state index in [1.54, 1.807) is 12.1 Å². The molecule has 3 aliphatic rings. The summed E-state index contributed by atoms with van der Waals surface area (Å²) < 4.78 is 40.6. The molecule has 1 N–H and O–H groups in total. The normalized spacial score (nSPS) is 27.8. The monoisotopic (exact) mass is 399 g/mol. The van der Waals surface area contributed by atoms with E-state index >= 15 is 0 Å². The number of amides is 2. The van der Waals surface area contributed by atoms with Gasteiger partial charge >= 0.3 is 6.36 Å². The Morgan fingerprint density at radius 2 is 1.86 bits per heavy atom. The zero-order valence-electron chi connectivity index (χ0n) is 15.1. The van der Waals surface area contributed by atoms with E-state index in [0.717, 1.165) is 10.5 Å². The topological polar surface area (TPSA) is 73.3 Å². The van der Waals surface area contributed by atoms with Crippen LogP contribution in [0.3, 0.4) is 0 Å². The molecule has 0 bridgehead atoms. The largest absolute Gasteiger partial charge is 0.573 e. The van der Waals surface area contributed by atoms with Gasteiger partial charge in [-0.2, -0.15) is 0 Å². The minimum absolute atomic E-state index is 0.270. The van der Waals surface area contributed by atoms with E-state index in [1.807, 2.05) is 9.80 Å². The highest BCUT2D eigenvalue weighted by Gasteiger charge is 2.63. The molecule has 0 radical (unpaired) electrons. The zero-order chi connectivity index (χ0) is 20.3. The number of hydrogen-bond donors (Lipinski definition) is 1. The minimum Gasteiger partial charge on any atom is -0.406 e. The van der Waals surface area contributed by atoms with Crippen molar-refractivity contribution >= 4 is 11.8 Å². The lowest BCUT2D eigenvalue weighted by atomic mass is 9.82. The molecule has 7 nitrogen and oxygen atoms in total. The molecule has 0 unspecified atom stereocenters. The second kappa shape index (κ2) is 6.43. The summed E-state index contributed by atoms with van der Waals surface area (Å²) in [5.74, 6) is -0.841. The van der Waals surface area contributed by atoms with Crippen molar-refractivity contribution in [1.82, 2.24) is 14.7 Å². The van der Waals surface area contributed by atoms with Crippen LogP contribution in [0.5, 0.6) is 5.75 Å². The highest BCUT2D eigenvalue weighted by molar-refractivity contribution is 6.05. The number of nitrogens with zero attached hydrogens (tertiary/aromatic N) is 3. The summed E-state index contributed by atoms with van der Waals surface area (Å²) in [5.41, 5.74) is -0.0421. The van der Waals surface area contributed by atoms with Gasteiger partial charge in [0.1, 0.15) is 11.3 Å². The molecule has 0 saturated carbocycles. The molecule has 3 saturated heterocycles. The van der Waals surface area contributed by atoms with Gasteiger partial charge in [0.05, 0.1) is 12.1 Å². The van der Waals surface area contributed by atoms with Crippen molar-refractivity contribution < 1.29 is 32.6 Å². The highest BCUT2D eigenvalue weighted by atomic mass is 19.4. The van der Waals surface area contributed by atoms with Crippen LogP contribution in [-0.2, 0) is 16.1 Å². The van der Waals surface area contributed by atoms with Crippen molar-refractivity contribution in [2.45, 2.75) is 37.0 Å². The minimum atomic E-state index is -4.73. The summed E-state index contributed by atoms with van der Waals surface area (Å²) in [6.45, 7) is 1.54. The lowest BCUT2D eigenvalue weighted by Crippen LogP contribution is -2.80. The Morgan fingerprint density at radius 3 is 2.46 bits per heavy atom. The van der Waals surface area contributed by atoms with Crippen LogP contribution in [0.1, 0.15) is 12.0 Å². The molecule has 0 aromatic heterocycles. The second-order valence-electron chi connectivity index (χ2n) is 7.63.